The zero-order chi connectivity index (χ0) is 15.5. The molecule has 2 aromatic rings. The Morgan fingerprint density at radius 3 is 2.62 bits per heavy atom. The summed E-state index contributed by atoms with van der Waals surface area (Å²) >= 11 is 1.11. The second-order valence-corrected chi connectivity index (χ2v) is 7.53. The molecule has 0 aliphatic carbocycles. The first-order valence-electron chi connectivity index (χ1n) is 6.53. The number of nitrogen functional groups attached to an aromatic ring is 1. The molecule has 2 N–H and O–H groups in total. The van der Waals surface area contributed by atoms with E-state index < -0.39 is 9.84 Å². The molecular formula is C13H18N4O2S2. The first-order valence-corrected chi connectivity index (χ1v) is 8.96. The molecule has 0 saturated heterocycles. The Morgan fingerprint density at radius 2 is 2.00 bits per heavy atom. The minimum atomic E-state index is -3.40. The number of anilines is 2. The molecule has 0 bridgehead atoms. The highest BCUT2D eigenvalue weighted by atomic mass is 32.2. The Balaban J connectivity index is 2.33. The Morgan fingerprint density at radius 1 is 1.33 bits per heavy atom. The van der Waals surface area contributed by atoms with Crippen LogP contribution in [0.4, 0.5) is 10.8 Å². The maximum atomic E-state index is 12.3. The van der Waals surface area contributed by atoms with E-state index in [1.165, 1.54) is 0 Å². The van der Waals surface area contributed by atoms with E-state index in [1.807, 2.05) is 31.0 Å². The van der Waals surface area contributed by atoms with Crippen LogP contribution in [0.2, 0.25) is 0 Å². The fourth-order valence-corrected chi connectivity index (χ4v) is 4.77. The van der Waals surface area contributed by atoms with E-state index in [2.05, 4.69) is 9.36 Å². The number of pyridine rings is 1. The third-order valence-electron chi connectivity index (χ3n) is 2.96. The molecule has 0 unspecified atom stereocenters. The molecular weight excluding hydrogens is 308 g/mol. The van der Waals surface area contributed by atoms with Crippen LogP contribution in [0.15, 0.2) is 29.4 Å². The predicted molar refractivity (Wildman–Crippen MR) is 85.2 cm³/mol. The summed E-state index contributed by atoms with van der Waals surface area (Å²) in [6, 6.07) is 3.78. The molecule has 114 valence electrons. The van der Waals surface area contributed by atoms with Crippen molar-refractivity contribution in [3.05, 3.63) is 30.1 Å². The molecule has 8 heteroatoms. The summed E-state index contributed by atoms with van der Waals surface area (Å²) in [5.41, 5.74) is 6.81. The molecule has 0 aromatic carbocycles. The molecule has 21 heavy (non-hydrogen) atoms. The van der Waals surface area contributed by atoms with Crippen molar-refractivity contribution in [2.24, 2.45) is 0 Å². The topological polar surface area (TPSA) is 89.2 Å². The maximum Gasteiger partial charge on any atom is 0.185 e. The van der Waals surface area contributed by atoms with Gasteiger partial charge in [0.15, 0.2) is 15.7 Å². The molecule has 0 aliphatic heterocycles. The molecule has 2 heterocycles. The summed E-state index contributed by atoms with van der Waals surface area (Å²) in [5, 5.41) is 0.581. The summed E-state index contributed by atoms with van der Waals surface area (Å²) in [6.07, 6.45) is 3.96. The van der Waals surface area contributed by atoms with Crippen LogP contribution in [0.5, 0.6) is 0 Å². The van der Waals surface area contributed by atoms with Gasteiger partial charge in [-0.15, -0.1) is 0 Å². The SMILES string of the molecule is CCCS(=O)(=O)c1c(N)nsc1N(C)Cc1ccncc1. The lowest BCUT2D eigenvalue weighted by Gasteiger charge is -2.18. The van der Waals surface area contributed by atoms with Crippen molar-refractivity contribution < 1.29 is 8.42 Å². The summed E-state index contributed by atoms with van der Waals surface area (Å²) < 4.78 is 28.7. The predicted octanol–water partition coefficient (Wildman–Crippen LogP) is 1.94. The number of nitrogens with zero attached hydrogens (tertiary/aromatic N) is 3. The molecule has 0 fully saturated rings. The number of rotatable bonds is 6. The van der Waals surface area contributed by atoms with Crippen LogP contribution in [-0.2, 0) is 16.4 Å². The fourth-order valence-electron chi connectivity index (χ4n) is 2.02. The average molecular weight is 326 g/mol. The van der Waals surface area contributed by atoms with Crippen molar-refractivity contribution in [3.8, 4) is 0 Å². The van der Waals surface area contributed by atoms with Crippen LogP contribution in [0, 0.1) is 0 Å². The minimum Gasteiger partial charge on any atom is -0.382 e. The number of nitrogens with two attached hydrogens (primary N) is 1. The van der Waals surface area contributed by atoms with Crippen LogP contribution < -0.4 is 10.6 Å². The first kappa shape index (κ1) is 15.7. The average Bonchev–Trinajstić information content (AvgIpc) is 2.82. The largest absolute Gasteiger partial charge is 0.382 e. The zero-order valence-electron chi connectivity index (χ0n) is 12.0. The van der Waals surface area contributed by atoms with E-state index in [0.717, 1.165) is 17.1 Å². The Bertz CT molecular complexity index is 698. The van der Waals surface area contributed by atoms with Crippen LogP contribution in [0.1, 0.15) is 18.9 Å². The van der Waals surface area contributed by atoms with Crippen molar-refractivity contribution in [3.63, 3.8) is 0 Å². The van der Waals surface area contributed by atoms with E-state index in [1.54, 1.807) is 12.4 Å². The van der Waals surface area contributed by atoms with Crippen molar-refractivity contribution in [1.29, 1.82) is 0 Å². The Kier molecular flexibility index (Phi) is 4.79. The summed E-state index contributed by atoms with van der Waals surface area (Å²) in [5.74, 6) is 0.163. The lowest BCUT2D eigenvalue weighted by atomic mass is 10.2. The molecule has 2 rings (SSSR count). The number of hydrogen-bond acceptors (Lipinski definition) is 7. The summed E-state index contributed by atoms with van der Waals surface area (Å²) in [6.45, 7) is 2.40. The van der Waals surface area contributed by atoms with Crippen LogP contribution in [0.25, 0.3) is 0 Å². The van der Waals surface area contributed by atoms with E-state index in [-0.39, 0.29) is 16.5 Å². The van der Waals surface area contributed by atoms with Gasteiger partial charge in [-0.05, 0) is 35.6 Å². The molecule has 2 aromatic heterocycles. The third kappa shape index (κ3) is 3.51. The van der Waals surface area contributed by atoms with Gasteiger partial charge in [-0.2, -0.15) is 4.37 Å². The van der Waals surface area contributed by atoms with E-state index in [0.29, 0.717) is 18.0 Å². The lowest BCUT2D eigenvalue weighted by molar-refractivity contribution is 0.595. The van der Waals surface area contributed by atoms with Gasteiger partial charge in [0.25, 0.3) is 0 Å². The first-order chi connectivity index (χ1) is 9.95. The molecule has 6 nitrogen and oxygen atoms in total. The molecule has 0 amide bonds. The molecule has 0 atom stereocenters. The van der Waals surface area contributed by atoms with Gasteiger partial charge >= 0.3 is 0 Å². The smallest absolute Gasteiger partial charge is 0.185 e. The van der Waals surface area contributed by atoms with Crippen molar-refractivity contribution >= 4 is 32.2 Å². The highest BCUT2D eigenvalue weighted by Gasteiger charge is 2.26. The van der Waals surface area contributed by atoms with E-state index in [4.69, 9.17) is 5.73 Å². The maximum absolute atomic E-state index is 12.3. The minimum absolute atomic E-state index is 0.0751. The third-order valence-corrected chi connectivity index (χ3v) is 6.03. The van der Waals surface area contributed by atoms with Gasteiger partial charge in [0.05, 0.1) is 5.75 Å². The van der Waals surface area contributed by atoms with Gasteiger partial charge in [-0.1, -0.05) is 6.92 Å². The van der Waals surface area contributed by atoms with Crippen LogP contribution in [0.3, 0.4) is 0 Å². The van der Waals surface area contributed by atoms with Gasteiger partial charge in [0, 0.05) is 26.0 Å². The highest BCUT2D eigenvalue weighted by molar-refractivity contribution is 7.91. The molecule has 0 radical (unpaired) electrons. The molecule has 0 saturated carbocycles. The van der Waals surface area contributed by atoms with E-state index in [9.17, 15) is 8.42 Å². The van der Waals surface area contributed by atoms with Gasteiger partial charge in [-0.25, -0.2) is 8.42 Å². The van der Waals surface area contributed by atoms with Crippen LogP contribution in [-0.4, -0.2) is 30.6 Å². The fraction of sp³-hybridized carbons (Fsp3) is 0.385. The quantitative estimate of drug-likeness (QED) is 0.872. The zero-order valence-corrected chi connectivity index (χ0v) is 13.6. The second kappa shape index (κ2) is 6.40. The summed E-state index contributed by atoms with van der Waals surface area (Å²) in [4.78, 5) is 5.98. The van der Waals surface area contributed by atoms with Crippen molar-refractivity contribution in [1.82, 2.24) is 9.36 Å². The molecule has 0 spiro atoms. The number of hydrogen-bond donors (Lipinski definition) is 1. The van der Waals surface area contributed by atoms with E-state index >= 15 is 0 Å². The normalized spacial score (nSPS) is 11.5. The van der Waals surface area contributed by atoms with Gasteiger partial charge in [-0.3, -0.25) is 4.98 Å². The highest BCUT2D eigenvalue weighted by Crippen LogP contribution is 2.35. The van der Waals surface area contributed by atoms with Crippen molar-refractivity contribution in [2.45, 2.75) is 24.8 Å². The Hall–Kier alpha value is -1.67. The lowest BCUT2D eigenvalue weighted by Crippen LogP contribution is -2.19. The summed E-state index contributed by atoms with van der Waals surface area (Å²) in [7, 11) is -1.57. The number of aromatic nitrogens is 2. The standard InChI is InChI=1S/C13H18N4O2S2/c1-3-8-21(18,19)11-12(14)16-20-13(11)17(2)9-10-4-6-15-7-5-10/h4-7H,3,8-9H2,1-2H3,(H2,14,16). The van der Waals surface area contributed by atoms with Gasteiger partial charge < -0.3 is 10.6 Å². The Labute approximate surface area is 128 Å². The monoisotopic (exact) mass is 326 g/mol. The van der Waals surface area contributed by atoms with Gasteiger partial charge in [0.1, 0.15) is 9.90 Å². The van der Waals surface area contributed by atoms with Gasteiger partial charge in [0.2, 0.25) is 0 Å². The second-order valence-electron chi connectivity index (χ2n) is 4.73. The van der Waals surface area contributed by atoms with Crippen molar-refractivity contribution in [2.75, 3.05) is 23.4 Å². The number of sulfone groups is 1. The van der Waals surface area contributed by atoms with Crippen LogP contribution >= 0.6 is 11.5 Å². The molecule has 0 aliphatic rings.